The van der Waals surface area contributed by atoms with Gasteiger partial charge in [-0.05, 0) is 6.92 Å². The Labute approximate surface area is 88.0 Å². The first-order valence-corrected chi connectivity index (χ1v) is 4.71. The molecule has 1 aliphatic heterocycles. The van der Waals surface area contributed by atoms with Crippen molar-refractivity contribution in [3.63, 3.8) is 0 Å². The van der Waals surface area contributed by atoms with Gasteiger partial charge in [0.25, 0.3) is 0 Å². The lowest BCUT2D eigenvalue weighted by Gasteiger charge is -2.15. The summed E-state index contributed by atoms with van der Waals surface area (Å²) >= 11 is 0. The Balaban J connectivity index is 2.42. The van der Waals surface area contributed by atoms with Gasteiger partial charge in [-0.3, -0.25) is 0 Å². The smallest absolute Gasteiger partial charge is 0.433 e. The molecule has 0 aromatic rings. The molecule has 1 rings (SSSR count). The fourth-order valence-electron chi connectivity index (χ4n) is 1.20. The molecule has 1 heterocycles. The number of rotatable bonds is 4. The highest BCUT2D eigenvalue weighted by Crippen LogP contribution is 2.09. The van der Waals surface area contributed by atoms with Gasteiger partial charge < -0.3 is 14.5 Å². The van der Waals surface area contributed by atoms with Crippen LogP contribution in [0.2, 0.25) is 0 Å². The topological polar surface area (TPSA) is 59.1 Å². The van der Waals surface area contributed by atoms with Crippen LogP contribution in [0.1, 0.15) is 6.92 Å². The van der Waals surface area contributed by atoms with E-state index in [1.54, 1.807) is 13.0 Å². The number of nitrogens with zero attached hydrogens (tertiary/aromatic N) is 2. The summed E-state index contributed by atoms with van der Waals surface area (Å²) in [6.45, 7) is 6.73. The number of hydroxylamine groups is 2. The molecule has 2 amide bonds. The number of hydrogen-bond acceptors (Lipinski definition) is 4. The fraction of sp³-hybridized carbons (Fsp3) is 0.556. The zero-order valence-corrected chi connectivity index (χ0v) is 8.64. The van der Waals surface area contributed by atoms with E-state index in [1.807, 2.05) is 0 Å². The van der Waals surface area contributed by atoms with E-state index in [-0.39, 0.29) is 12.6 Å². The van der Waals surface area contributed by atoms with E-state index in [2.05, 4.69) is 16.2 Å². The van der Waals surface area contributed by atoms with Gasteiger partial charge >= 0.3 is 12.2 Å². The van der Waals surface area contributed by atoms with Crippen LogP contribution in [0, 0.1) is 0 Å². The Morgan fingerprint density at radius 1 is 1.60 bits per heavy atom. The first-order valence-electron chi connectivity index (χ1n) is 4.71. The molecule has 1 aliphatic rings. The lowest BCUT2D eigenvalue weighted by Crippen LogP contribution is -2.33. The van der Waals surface area contributed by atoms with Crippen LogP contribution in [-0.2, 0) is 9.57 Å². The molecule has 0 saturated carbocycles. The number of carbonyl (C=O) groups is 2. The molecule has 0 bridgehead atoms. The largest absolute Gasteiger partial charge is 0.533 e. The molecule has 0 atom stereocenters. The maximum absolute atomic E-state index is 11.5. The molecular weight excluding hydrogens is 200 g/mol. The van der Waals surface area contributed by atoms with Gasteiger partial charge in [-0.25, -0.2) is 9.59 Å². The Morgan fingerprint density at radius 3 is 2.93 bits per heavy atom. The fourth-order valence-corrected chi connectivity index (χ4v) is 1.20. The molecule has 84 valence electrons. The molecule has 6 heteroatoms. The summed E-state index contributed by atoms with van der Waals surface area (Å²) < 4.78 is 4.55. The average molecular weight is 214 g/mol. The number of hydrogen-bond donors (Lipinski definition) is 0. The first kappa shape index (κ1) is 11.4. The standard InChI is InChI=1S/C9H14N2O4/c1-3-5-10-6-7-11(8(10)12)15-9(13)14-4-2/h3H,1,4-7H2,2H3. The molecule has 0 unspecified atom stereocenters. The van der Waals surface area contributed by atoms with E-state index in [0.29, 0.717) is 19.6 Å². The minimum atomic E-state index is -0.855. The van der Waals surface area contributed by atoms with E-state index in [4.69, 9.17) is 0 Å². The summed E-state index contributed by atoms with van der Waals surface area (Å²) in [5, 5.41) is 0.988. The predicted octanol–water partition coefficient (Wildman–Crippen LogP) is 0.998. The van der Waals surface area contributed by atoms with E-state index in [0.717, 1.165) is 5.06 Å². The Kier molecular flexibility index (Phi) is 3.96. The summed E-state index contributed by atoms with van der Waals surface area (Å²) in [6, 6.07) is -0.344. The Bertz CT molecular complexity index is 267. The molecule has 6 nitrogen and oxygen atoms in total. The van der Waals surface area contributed by atoms with Crippen molar-refractivity contribution in [3.8, 4) is 0 Å². The van der Waals surface area contributed by atoms with Crippen molar-refractivity contribution in [2.45, 2.75) is 6.92 Å². The van der Waals surface area contributed by atoms with Gasteiger partial charge in [0.05, 0.1) is 13.2 Å². The van der Waals surface area contributed by atoms with Gasteiger partial charge in [0.15, 0.2) is 0 Å². The molecule has 0 N–H and O–H groups in total. The van der Waals surface area contributed by atoms with Crippen molar-refractivity contribution < 1.29 is 19.2 Å². The number of carbonyl (C=O) groups excluding carboxylic acids is 2. The van der Waals surface area contributed by atoms with Gasteiger partial charge in [-0.2, -0.15) is 0 Å². The zero-order chi connectivity index (χ0) is 11.3. The van der Waals surface area contributed by atoms with Gasteiger partial charge in [0, 0.05) is 13.1 Å². The van der Waals surface area contributed by atoms with E-state index < -0.39 is 6.16 Å². The third-order valence-corrected chi connectivity index (χ3v) is 1.85. The molecule has 0 aromatic carbocycles. The highest BCUT2D eigenvalue weighted by molar-refractivity contribution is 5.77. The molecule has 1 saturated heterocycles. The SMILES string of the molecule is C=CCN1CCN(OC(=O)OCC)C1=O. The van der Waals surface area contributed by atoms with Crippen LogP contribution < -0.4 is 0 Å². The summed E-state index contributed by atoms with van der Waals surface area (Å²) in [5.41, 5.74) is 0. The minimum absolute atomic E-state index is 0.219. The summed E-state index contributed by atoms with van der Waals surface area (Å²) in [5.74, 6) is 0. The molecular formula is C9H14N2O4. The Morgan fingerprint density at radius 2 is 2.33 bits per heavy atom. The van der Waals surface area contributed by atoms with Crippen LogP contribution in [-0.4, -0.2) is 48.4 Å². The van der Waals surface area contributed by atoms with Gasteiger partial charge in [0.1, 0.15) is 0 Å². The maximum Gasteiger partial charge on any atom is 0.533 e. The first-order chi connectivity index (χ1) is 7.19. The normalized spacial score (nSPS) is 15.4. The molecule has 0 aromatic heterocycles. The highest BCUT2D eigenvalue weighted by Gasteiger charge is 2.31. The van der Waals surface area contributed by atoms with E-state index in [9.17, 15) is 9.59 Å². The average Bonchev–Trinajstić information content (AvgIpc) is 2.51. The highest BCUT2D eigenvalue weighted by atomic mass is 16.8. The summed E-state index contributed by atoms with van der Waals surface area (Å²) in [6.07, 6.45) is 0.762. The predicted molar refractivity (Wildman–Crippen MR) is 52.0 cm³/mol. The van der Waals surface area contributed by atoms with Gasteiger partial charge in [-0.15, -0.1) is 11.6 Å². The van der Waals surface area contributed by atoms with Gasteiger partial charge in [0.2, 0.25) is 0 Å². The number of amides is 2. The molecule has 1 fully saturated rings. The molecule has 0 aliphatic carbocycles. The Hall–Kier alpha value is -1.72. The second-order valence-corrected chi connectivity index (χ2v) is 2.89. The quantitative estimate of drug-likeness (QED) is 0.517. The number of ether oxygens (including phenoxy) is 1. The second-order valence-electron chi connectivity index (χ2n) is 2.89. The lowest BCUT2D eigenvalue weighted by molar-refractivity contribution is -0.0802. The molecule has 0 spiro atoms. The van der Waals surface area contributed by atoms with E-state index >= 15 is 0 Å². The van der Waals surface area contributed by atoms with Crippen molar-refractivity contribution in [1.82, 2.24) is 9.96 Å². The lowest BCUT2D eigenvalue weighted by atomic mass is 10.5. The summed E-state index contributed by atoms with van der Waals surface area (Å²) in [7, 11) is 0. The van der Waals surface area contributed by atoms with E-state index in [1.165, 1.54) is 4.90 Å². The molecule has 15 heavy (non-hydrogen) atoms. The van der Waals surface area contributed by atoms with Crippen LogP contribution in [0.4, 0.5) is 9.59 Å². The van der Waals surface area contributed by atoms with Gasteiger partial charge in [-0.1, -0.05) is 6.08 Å². The van der Waals surface area contributed by atoms with Crippen LogP contribution >= 0.6 is 0 Å². The maximum atomic E-state index is 11.5. The van der Waals surface area contributed by atoms with Crippen LogP contribution in [0.5, 0.6) is 0 Å². The molecule has 0 radical (unpaired) electrons. The third-order valence-electron chi connectivity index (χ3n) is 1.85. The minimum Gasteiger partial charge on any atom is -0.433 e. The van der Waals surface area contributed by atoms with Crippen LogP contribution in [0.3, 0.4) is 0 Å². The third kappa shape index (κ3) is 2.87. The summed E-state index contributed by atoms with van der Waals surface area (Å²) in [4.78, 5) is 28.6. The van der Waals surface area contributed by atoms with Crippen molar-refractivity contribution >= 4 is 12.2 Å². The van der Waals surface area contributed by atoms with Crippen molar-refractivity contribution in [1.29, 1.82) is 0 Å². The van der Waals surface area contributed by atoms with Crippen molar-refractivity contribution in [3.05, 3.63) is 12.7 Å². The van der Waals surface area contributed by atoms with Crippen molar-refractivity contribution in [2.75, 3.05) is 26.2 Å². The number of urea groups is 1. The zero-order valence-electron chi connectivity index (χ0n) is 8.64. The monoisotopic (exact) mass is 214 g/mol. The van der Waals surface area contributed by atoms with Crippen LogP contribution in [0.15, 0.2) is 12.7 Å². The second kappa shape index (κ2) is 5.23. The van der Waals surface area contributed by atoms with Crippen molar-refractivity contribution in [2.24, 2.45) is 0 Å². The van der Waals surface area contributed by atoms with Crippen LogP contribution in [0.25, 0.3) is 0 Å².